The van der Waals surface area contributed by atoms with Crippen LogP contribution in [-0.2, 0) is 4.79 Å². The molecule has 1 nitrogen and oxygen atoms in total. The maximum Gasteiger partial charge on any atom is 0.136 e. The molecule has 0 saturated heterocycles. The average Bonchev–Trinajstić information content (AvgIpc) is 2.56. The zero-order chi connectivity index (χ0) is 8.55. The fourth-order valence-electron chi connectivity index (χ4n) is 2.71. The van der Waals surface area contributed by atoms with E-state index in [9.17, 15) is 4.79 Å². The highest BCUT2D eigenvalue weighted by atomic mass is 16.1. The molecule has 0 heterocycles. The highest BCUT2D eigenvalue weighted by molar-refractivity contribution is 5.84. The summed E-state index contributed by atoms with van der Waals surface area (Å²) in [5, 5.41) is 0. The van der Waals surface area contributed by atoms with Crippen molar-refractivity contribution in [2.45, 2.75) is 32.1 Å². The Hall–Kier alpha value is -0.590. The van der Waals surface area contributed by atoms with E-state index in [2.05, 4.69) is 6.58 Å². The van der Waals surface area contributed by atoms with Gasteiger partial charge < -0.3 is 0 Å². The Labute approximate surface area is 73.8 Å². The monoisotopic (exact) mass is 164 g/mol. The number of allylic oxidation sites excluding steroid dienone is 1. The molecule has 2 saturated carbocycles. The molecule has 0 aromatic carbocycles. The van der Waals surface area contributed by atoms with E-state index in [4.69, 9.17) is 0 Å². The lowest BCUT2D eigenvalue weighted by Crippen LogP contribution is -2.04. The van der Waals surface area contributed by atoms with Gasteiger partial charge in [-0.15, -0.1) is 6.58 Å². The van der Waals surface area contributed by atoms with Crippen molar-refractivity contribution in [3.05, 3.63) is 12.7 Å². The van der Waals surface area contributed by atoms with E-state index in [1.54, 1.807) is 0 Å². The molecule has 2 aliphatic carbocycles. The minimum Gasteiger partial charge on any atom is -0.299 e. The Bertz CT molecular complexity index is 197. The fraction of sp³-hybridized carbons (Fsp3) is 0.727. The van der Waals surface area contributed by atoms with Crippen LogP contribution >= 0.6 is 0 Å². The first kappa shape index (κ1) is 8.03. The first-order chi connectivity index (χ1) is 5.84. The Balaban J connectivity index is 1.80. The summed E-state index contributed by atoms with van der Waals surface area (Å²) in [5.41, 5.74) is 0. The predicted octanol–water partition coefficient (Wildman–Crippen LogP) is 2.57. The number of carbonyl (C=O) groups is 1. The van der Waals surface area contributed by atoms with Gasteiger partial charge >= 0.3 is 0 Å². The van der Waals surface area contributed by atoms with Crippen molar-refractivity contribution in [3.63, 3.8) is 0 Å². The molecule has 2 atom stereocenters. The molecule has 1 heteroatoms. The third-order valence-corrected chi connectivity index (χ3v) is 3.37. The topological polar surface area (TPSA) is 17.1 Å². The predicted molar refractivity (Wildman–Crippen MR) is 48.8 cm³/mol. The zero-order valence-electron chi connectivity index (χ0n) is 7.46. The van der Waals surface area contributed by atoms with Crippen LogP contribution in [0.2, 0.25) is 0 Å². The molecule has 0 aromatic heterocycles. The van der Waals surface area contributed by atoms with Gasteiger partial charge in [0.2, 0.25) is 0 Å². The Morgan fingerprint density at radius 1 is 1.42 bits per heavy atom. The molecule has 0 spiro atoms. The van der Waals surface area contributed by atoms with Gasteiger partial charge in [0.1, 0.15) is 5.78 Å². The molecule has 0 radical (unpaired) electrons. The Morgan fingerprint density at radius 2 is 2.08 bits per heavy atom. The smallest absolute Gasteiger partial charge is 0.136 e. The zero-order valence-corrected chi connectivity index (χ0v) is 7.46. The summed E-state index contributed by atoms with van der Waals surface area (Å²) in [6.07, 6.45) is 7.44. The van der Waals surface area contributed by atoms with Gasteiger partial charge in [-0.3, -0.25) is 4.79 Å². The average molecular weight is 164 g/mol. The van der Waals surface area contributed by atoms with Crippen LogP contribution in [0.25, 0.3) is 0 Å². The molecular weight excluding hydrogens is 148 g/mol. The summed E-state index contributed by atoms with van der Waals surface area (Å²) in [6, 6.07) is 0. The van der Waals surface area contributed by atoms with Gasteiger partial charge in [-0.2, -0.15) is 0 Å². The van der Waals surface area contributed by atoms with Crippen molar-refractivity contribution in [2.75, 3.05) is 0 Å². The first-order valence-electron chi connectivity index (χ1n) is 4.98. The summed E-state index contributed by atoms with van der Waals surface area (Å²) >= 11 is 0. The SMILES string of the molecule is C=CCCC(=O)C1C2CCCC21. The number of hydrogen-bond donors (Lipinski definition) is 0. The van der Waals surface area contributed by atoms with Crippen LogP contribution in [0.4, 0.5) is 0 Å². The first-order valence-corrected chi connectivity index (χ1v) is 4.98. The van der Waals surface area contributed by atoms with Crippen LogP contribution < -0.4 is 0 Å². The lowest BCUT2D eigenvalue weighted by atomic mass is 10.0. The van der Waals surface area contributed by atoms with Gasteiger partial charge in [0.25, 0.3) is 0 Å². The summed E-state index contributed by atoms with van der Waals surface area (Å²) in [4.78, 5) is 11.5. The highest BCUT2D eigenvalue weighted by Gasteiger charge is 2.55. The van der Waals surface area contributed by atoms with Gasteiger partial charge in [0, 0.05) is 12.3 Å². The van der Waals surface area contributed by atoms with Crippen LogP contribution in [0, 0.1) is 17.8 Å². The molecule has 2 aliphatic rings. The molecule has 2 unspecified atom stereocenters. The largest absolute Gasteiger partial charge is 0.299 e. The fourth-order valence-corrected chi connectivity index (χ4v) is 2.71. The van der Waals surface area contributed by atoms with Gasteiger partial charge in [-0.05, 0) is 31.1 Å². The standard InChI is InChI=1S/C11H16O/c1-2-3-7-10(12)11-8-5-4-6-9(8)11/h2,8-9,11H,1,3-7H2. The number of fused-ring (bicyclic) bond motifs is 1. The van der Waals surface area contributed by atoms with Crippen LogP contribution in [0.5, 0.6) is 0 Å². The molecule has 0 aromatic rings. The lowest BCUT2D eigenvalue weighted by Gasteiger charge is -1.99. The molecular formula is C11H16O. The van der Waals surface area contributed by atoms with Crippen molar-refractivity contribution in [3.8, 4) is 0 Å². The summed E-state index contributed by atoms with van der Waals surface area (Å²) in [6.45, 7) is 3.63. The normalized spacial score (nSPS) is 37.5. The van der Waals surface area contributed by atoms with Crippen LogP contribution in [0.1, 0.15) is 32.1 Å². The van der Waals surface area contributed by atoms with Crippen molar-refractivity contribution >= 4 is 5.78 Å². The quantitative estimate of drug-likeness (QED) is 0.584. The molecule has 0 aliphatic heterocycles. The van der Waals surface area contributed by atoms with E-state index in [0.717, 1.165) is 24.7 Å². The van der Waals surface area contributed by atoms with Crippen molar-refractivity contribution in [1.82, 2.24) is 0 Å². The summed E-state index contributed by atoms with van der Waals surface area (Å²) in [7, 11) is 0. The molecule has 66 valence electrons. The Kier molecular flexibility index (Phi) is 2.03. The Morgan fingerprint density at radius 3 is 2.67 bits per heavy atom. The van der Waals surface area contributed by atoms with Gasteiger partial charge in [-0.1, -0.05) is 12.5 Å². The maximum atomic E-state index is 11.5. The molecule has 2 rings (SSSR count). The molecule has 2 fully saturated rings. The number of ketones is 1. The third kappa shape index (κ3) is 1.21. The van der Waals surface area contributed by atoms with Crippen molar-refractivity contribution in [1.29, 1.82) is 0 Å². The van der Waals surface area contributed by atoms with Gasteiger partial charge in [-0.25, -0.2) is 0 Å². The highest BCUT2D eigenvalue weighted by Crippen LogP contribution is 2.58. The second kappa shape index (κ2) is 3.04. The maximum absolute atomic E-state index is 11.5. The molecule has 0 amide bonds. The van der Waals surface area contributed by atoms with Gasteiger partial charge in [0.15, 0.2) is 0 Å². The van der Waals surface area contributed by atoms with E-state index < -0.39 is 0 Å². The minimum atomic E-state index is 0.471. The number of hydrogen-bond acceptors (Lipinski definition) is 1. The molecule has 0 N–H and O–H groups in total. The van der Waals surface area contributed by atoms with Crippen LogP contribution in [0.15, 0.2) is 12.7 Å². The van der Waals surface area contributed by atoms with Crippen molar-refractivity contribution < 1.29 is 4.79 Å². The third-order valence-electron chi connectivity index (χ3n) is 3.37. The molecule has 0 bridgehead atoms. The van der Waals surface area contributed by atoms with E-state index in [-0.39, 0.29) is 0 Å². The number of rotatable bonds is 4. The van der Waals surface area contributed by atoms with E-state index in [0.29, 0.717) is 11.7 Å². The van der Waals surface area contributed by atoms with Gasteiger partial charge in [0.05, 0.1) is 0 Å². The van der Waals surface area contributed by atoms with Crippen molar-refractivity contribution in [2.24, 2.45) is 17.8 Å². The summed E-state index contributed by atoms with van der Waals surface area (Å²) < 4.78 is 0. The lowest BCUT2D eigenvalue weighted by molar-refractivity contribution is -0.120. The van der Waals surface area contributed by atoms with E-state index in [1.165, 1.54) is 19.3 Å². The van der Waals surface area contributed by atoms with Crippen LogP contribution in [0.3, 0.4) is 0 Å². The number of carbonyl (C=O) groups excluding carboxylic acids is 1. The minimum absolute atomic E-state index is 0.471. The second-order valence-electron chi connectivity index (χ2n) is 4.08. The number of Topliss-reactive ketones (excluding diaryl/α,β-unsaturated/α-hetero) is 1. The van der Waals surface area contributed by atoms with Crippen LogP contribution in [-0.4, -0.2) is 5.78 Å². The van der Waals surface area contributed by atoms with E-state index in [1.807, 2.05) is 6.08 Å². The second-order valence-corrected chi connectivity index (χ2v) is 4.08. The summed E-state index contributed by atoms with van der Waals surface area (Å²) in [5.74, 6) is 2.56. The van der Waals surface area contributed by atoms with E-state index >= 15 is 0 Å². The molecule has 12 heavy (non-hydrogen) atoms.